The van der Waals surface area contributed by atoms with Gasteiger partial charge in [0.1, 0.15) is 18.5 Å². The second kappa shape index (κ2) is 7.28. The molecule has 3 aromatic rings. The zero-order valence-corrected chi connectivity index (χ0v) is 15.2. The Morgan fingerprint density at radius 1 is 1.11 bits per heavy atom. The van der Waals surface area contributed by atoms with Gasteiger partial charge in [-0.2, -0.15) is 0 Å². The third-order valence-electron chi connectivity index (χ3n) is 4.98. The predicted octanol–water partition coefficient (Wildman–Crippen LogP) is 2.20. The summed E-state index contributed by atoms with van der Waals surface area (Å²) in [5, 5.41) is 7.65. The fourth-order valence-electron chi connectivity index (χ4n) is 3.42. The summed E-state index contributed by atoms with van der Waals surface area (Å²) in [5.41, 5.74) is 9.59. The Morgan fingerprint density at radius 3 is 2.56 bits per heavy atom. The first-order valence-corrected chi connectivity index (χ1v) is 9.09. The number of carbonyl (C=O) groups is 1. The van der Waals surface area contributed by atoms with Gasteiger partial charge in [-0.25, -0.2) is 4.98 Å². The highest BCUT2D eigenvalue weighted by molar-refractivity contribution is 5.95. The molecule has 3 heterocycles. The van der Waals surface area contributed by atoms with Crippen LogP contribution in [-0.4, -0.2) is 49.7 Å². The molecule has 0 unspecified atom stereocenters. The zero-order chi connectivity index (χ0) is 18.8. The maximum atomic E-state index is 12.8. The number of carbonyl (C=O) groups excluding carboxylic acids is 1. The van der Waals surface area contributed by atoms with E-state index in [0.717, 1.165) is 48.4 Å². The predicted molar refractivity (Wildman–Crippen MR) is 102 cm³/mol. The van der Waals surface area contributed by atoms with E-state index in [9.17, 15) is 4.79 Å². The molecule has 1 saturated heterocycles. The smallest absolute Gasteiger partial charge is 0.253 e. The first kappa shape index (κ1) is 17.4. The highest BCUT2D eigenvalue weighted by atomic mass is 16.2. The number of pyridine rings is 1. The summed E-state index contributed by atoms with van der Waals surface area (Å²) < 4.78 is 1.78. The van der Waals surface area contributed by atoms with Gasteiger partial charge in [-0.3, -0.25) is 9.36 Å². The van der Waals surface area contributed by atoms with Crippen molar-refractivity contribution in [3.63, 3.8) is 0 Å². The van der Waals surface area contributed by atoms with E-state index in [1.54, 1.807) is 17.2 Å². The molecule has 0 saturated carbocycles. The average molecular weight is 362 g/mol. The van der Waals surface area contributed by atoms with Crippen LogP contribution >= 0.6 is 0 Å². The molecule has 1 aliphatic heterocycles. The van der Waals surface area contributed by atoms with E-state index in [1.165, 1.54) is 0 Å². The van der Waals surface area contributed by atoms with Crippen molar-refractivity contribution in [3.8, 4) is 16.9 Å². The van der Waals surface area contributed by atoms with Crippen LogP contribution in [0.2, 0.25) is 0 Å². The minimum atomic E-state index is 0.0644. The first-order chi connectivity index (χ1) is 13.1. The summed E-state index contributed by atoms with van der Waals surface area (Å²) in [6.45, 7) is 3.44. The molecule has 1 fully saturated rings. The summed E-state index contributed by atoms with van der Waals surface area (Å²) in [6, 6.07) is 9.99. The zero-order valence-electron chi connectivity index (χ0n) is 15.2. The molecule has 7 nitrogen and oxygen atoms in total. The molecule has 4 rings (SSSR count). The number of benzene rings is 1. The number of hydrogen-bond acceptors (Lipinski definition) is 5. The molecule has 0 aliphatic carbocycles. The Kier molecular flexibility index (Phi) is 4.68. The van der Waals surface area contributed by atoms with E-state index < -0.39 is 0 Å². The summed E-state index contributed by atoms with van der Waals surface area (Å²) >= 11 is 0. The monoisotopic (exact) mass is 362 g/mol. The van der Waals surface area contributed by atoms with Crippen molar-refractivity contribution in [3.05, 3.63) is 60.3 Å². The summed E-state index contributed by atoms with van der Waals surface area (Å²) in [4.78, 5) is 19.3. The minimum Gasteiger partial charge on any atom is -0.339 e. The maximum Gasteiger partial charge on any atom is 0.253 e. The lowest BCUT2D eigenvalue weighted by Gasteiger charge is -2.30. The normalized spacial score (nSPS) is 15.1. The van der Waals surface area contributed by atoms with Crippen molar-refractivity contribution in [2.75, 3.05) is 13.1 Å². The van der Waals surface area contributed by atoms with Crippen LogP contribution in [0.25, 0.3) is 16.9 Å². The van der Waals surface area contributed by atoms with Gasteiger partial charge in [0.2, 0.25) is 0 Å². The topological polar surface area (TPSA) is 89.9 Å². The Morgan fingerprint density at radius 2 is 1.85 bits per heavy atom. The van der Waals surface area contributed by atoms with E-state index in [-0.39, 0.29) is 11.9 Å². The third-order valence-corrected chi connectivity index (χ3v) is 4.98. The van der Waals surface area contributed by atoms with Gasteiger partial charge in [0.05, 0.1) is 0 Å². The third kappa shape index (κ3) is 3.59. The van der Waals surface area contributed by atoms with Gasteiger partial charge in [-0.05, 0) is 49.1 Å². The van der Waals surface area contributed by atoms with Crippen LogP contribution in [0.4, 0.5) is 0 Å². The van der Waals surface area contributed by atoms with Crippen LogP contribution in [0.15, 0.2) is 49.2 Å². The number of hydrogen-bond donors (Lipinski definition) is 1. The number of aromatic nitrogens is 4. The molecule has 0 bridgehead atoms. The molecular formula is C20H22N6O. The number of likely N-dealkylation sites (tertiary alicyclic amines) is 1. The van der Waals surface area contributed by atoms with Crippen molar-refractivity contribution < 1.29 is 4.79 Å². The van der Waals surface area contributed by atoms with E-state index in [0.29, 0.717) is 5.56 Å². The summed E-state index contributed by atoms with van der Waals surface area (Å²) in [7, 11) is 0. The molecule has 2 aromatic heterocycles. The van der Waals surface area contributed by atoms with Crippen LogP contribution in [-0.2, 0) is 0 Å². The lowest BCUT2D eigenvalue weighted by molar-refractivity contribution is 0.0715. The second-order valence-corrected chi connectivity index (χ2v) is 6.94. The highest BCUT2D eigenvalue weighted by Gasteiger charge is 2.21. The van der Waals surface area contributed by atoms with Gasteiger partial charge in [-0.15, -0.1) is 10.2 Å². The molecule has 7 heteroatoms. The summed E-state index contributed by atoms with van der Waals surface area (Å²) in [6.07, 6.45) is 6.78. The molecular weight excluding hydrogens is 340 g/mol. The molecule has 1 aromatic carbocycles. The largest absolute Gasteiger partial charge is 0.339 e. The van der Waals surface area contributed by atoms with Crippen LogP contribution in [0.5, 0.6) is 0 Å². The second-order valence-electron chi connectivity index (χ2n) is 6.94. The SMILES string of the molecule is Cc1cc(-c2cccc(C(=O)N3CCC(N)CC3)c2)cnc1-n1cnnc1. The van der Waals surface area contributed by atoms with Gasteiger partial charge in [0.15, 0.2) is 0 Å². The Labute approximate surface area is 157 Å². The number of rotatable bonds is 3. The number of amides is 1. The Hall–Kier alpha value is -3.06. The molecule has 0 spiro atoms. The van der Waals surface area contributed by atoms with Crippen molar-refractivity contribution in [1.82, 2.24) is 24.6 Å². The maximum absolute atomic E-state index is 12.8. The number of nitrogens with zero attached hydrogens (tertiary/aromatic N) is 5. The van der Waals surface area contributed by atoms with Gasteiger partial charge >= 0.3 is 0 Å². The number of nitrogens with two attached hydrogens (primary N) is 1. The first-order valence-electron chi connectivity index (χ1n) is 9.09. The van der Waals surface area contributed by atoms with Gasteiger partial charge in [-0.1, -0.05) is 12.1 Å². The standard InChI is InChI=1S/C20H22N6O/c1-14-9-17(11-22-19(14)26-12-23-24-13-26)15-3-2-4-16(10-15)20(27)25-7-5-18(21)6-8-25/h2-4,9-13,18H,5-8,21H2,1H3. The van der Waals surface area contributed by atoms with Crippen LogP contribution < -0.4 is 5.73 Å². The van der Waals surface area contributed by atoms with E-state index in [4.69, 9.17) is 5.73 Å². The number of aryl methyl sites for hydroxylation is 1. The molecule has 27 heavy (non-hydrogen) atoms. The lowest BCUT2D eigenvalue weighted by Crippen LogP contribution is -2.42. The molecule has 1 aliphatic rings. The fraction of sp³-hybridized carbons (Fsp3) is 0.300. The quantitative estimate of drug-likeness (QED) is 0.771. The molecule has 138 valence electrons. The van der Waals surface area contributed by atoms with Gasteiger partial charge < -0.3 is 10.6 Å². The van der Waals surface area contributed by atoms with Crippen LogP contribution in [0.1, 0.15) is 28.8 Å². The van der Waals surface area contributed by atoms with E-state index in [1.807, 2.05) is 42.3 Å². The minimum absolute atomic E-state index is 0.0644. The molecule has 2 N–H and O–H groups in total. The van der Waals surface area contributed by atoms with Crippen molar-refractivity contribution in [2.24, 2.45) is 5.73 Å². The highest BCUT2D eigenvalue weighted by Crippen LogP contribution is 2.24. The lowest BCUT2D eigenvalue weighted by atomic mass is 10.0. The molecule has 1 amide bonds. The summed E-state index contributed by atoms with van der Waals surface area (Å²) in [5.74, 6) is 0.857. The Balaban J connectivity index is 1.59. The van der Waals surface area contributed by atoms with Gasteiger partial charge in [0.25, 0.3) is 5.91 Å². The van der Waals surface area contributed by atoms with E-state index in [2.05, 4.69) is 21.2 Å². The van der Waals surface area contributed by atoms with Crippen LogP contribution in [0, 0.1) is 6.92 Å². The van der Waals surface area contributed by atoms with Crippen LogP contribution in [0.3, 0.4) is 0 Å². The van der Waals surface area contributed by atoms with Crippen molar-refractivity contribution in [1.29, 1.82) is 0 Å². The van der Waals surface area contributed by atoms with E-state index >= 15 is 0 Å². The molecule has 0 radical (unpaired) electrons. The number of piperidine rings is 1. The fourth-order valence-corrected chi connectivity index (χ4v) is 3.42. The average Bonchev–Trinajstić information content (AvgIpc) is 3.22. The van der Waals surface area contributed by atoms with Crippen molar-refractivity contribution in [2.45, 2.75) is 25.8 Å². The molecule has 0 atom stereocenters. The Bertz CT molecular complexity index is 945. The van der Waals surface area contributed by atoms with Crippen molar-refractivity contribution >= 4 is 5.91 Å². The van der Waals surface area contributed by atoms with Gasteiger partial charge in [0, 0.05) is 36.5 Å².